The Morgan fingerprint density at radius 1 is 1.20 bits per heavy atom. The van der Waals surface area contributed by atoms with Crippen LogP contribution >= 0.6 is 11.3 Å². The van der Waals surface area contributed by atoms with Crippen molar-refractivity contribution in [2.24, 2.45) is 0 Å². The molecular weight excluding hydrogens is 334 g/mol. The van der Waals surface area contributed by atoms with Crippen LogP contribution in [0.4, 0.5) is 10.8 Å². The summed E-state index contributed by atoms with van der Waals surface area (Å²) < 4.78 is 5.83. The number of nitrogens with one attached hydrogen (secondary N) is 1. The minimum absolute atomic E-state index is 0.00691. The Balaban J connectivity index is 1.90. The molecule has 128 valence electrons. The van der Waals surface area contributed by atoms with Crippen LogP contribution in [0.1, 0.15) is 31.1 Å². The Bertz CT molecular complexity index is 875. The second-order valence-electron chi connectivity index (χ2n) is 5.81. The van der Waals surface area contributed by atoms with E-state index in [4.69, 9.17) is 4.74 Å². The third-order valence-corrected chi connectivity index (χ3v) is 4.18. The number of anilines is 2. The molecule has 25 heavy (non-hydrogen) atoms. The van der Waals surface area contributed by atoms with Crippen molar-refractivity contribution in [1.82, 2.24) is 9.97 Å². The van der Waals surface area contributed by atoms with Crippen LogP contribution < -0.4 is 10.1 Å². The topological polar surface area (TPSA) is 64.1 Å². The average molecular weight is 353 g/mol. The number of nitrogens with zero attached hydrogens (tertiary/aromatic N) is 2. The lowest BCUT2D eigenvalue weighted by molar-refractivity contribution is 0.101. The van der Waals surface area contributed by atoms with Gasteiger partial charge in [-0.1, -0.05) is 6.07 Å². The summed E-state index contributed by atoms with van der Waals surface area (Å²) in [5.41, 5.74) is 2.98. The van der Waals surface area contributed by atoms with Crippen molar-refractivity contribution in [3.63, 3.8) is 0 Å². The van der Waals surface area contributed by atoms with Gasteiger partial charge in [0.25, 0.3) is 0 Å². The zero-order chi connectivity index (χ0) is 17.8. The van der Waals surface area contributed by atoms with Gasteiger partial charge in [-0.15, -0.1) is 11.3 Å². The first-order chi connectivity index (χ1) is 12.0. The minimum Gasteiger partial charge on any atom is -0.489 e. The molecule has 0 aliphatic rings. The number of hydrogen-bond donors (Lipinski definition) is 1. The lowest BCUT2D eigenvalue weighted by Crippen LogP contribution is -2.08. The van der Waals surface area contributed by atoms with Crippen LogP contribution in [0.15, 0.2) is 48.0 Å². The molecule has 0 aliphatic heterocycles. The van der Waals surface area contributed by atoms with Crippen molar-refractivity contribution in [2.45, 2.75) is 26.9 Å². The molecule has 0 atom stereocenters. The molecule has 6 heteroatoms. The van der Waals surface area contributed by atoms with Crippen LogP contribution in [0.3, 0.4) is 0 Å². The Morgan fingerprint density at radius 3 is 2.72 bits per heavy atom. The molecule has 2 aromatic heterocycles. The van der Waals surface area contributed by atoms with Crippen molar-refractivity contribution in [3.8, 4) is 17.1 Å². The number of aromatic nitrogens is 2. The Kier molecular flexibility index (Phi) is 5.09. The monoisotopic (exact) mass is 353 g/mol. The summed E-state index contributed by atoms with van der Waals surface area (Å²) in [7, 11) is 0. The molecule has 5 nitrogen and oxygen atoms in total. The van der Waals surface area contributed by atoms with E-state index in [0.29, 0.717) is 11.3 Å². The summed E-state index contributed by atoms with van der Waals surface area (Å²) in [6.07, 6.45) is 1.77. The van der Waals surface area contributed by atoms with Gasteiger partial charge in [0.2, 0.25) is 0 Å². The molecule has 0 radical (unpaired) electrons. The van der Waals surface area contributed by atoms with Gasteiger partial charge in [-0.2, -0.15) is 0 Å². The summed E-state index contributed by atoms with van der Waals surface area (Å²) in [6, 6.07) is 11.1. The van der Waals surface area contributed by atoms with E-state index in [1.165, 1.54) is 11.3 Å². The van der Waals surface area contributed by atoms with E-state index in [0.717, 1.165) is 22.2 Å². The van der Waals surface area contributed by atoms with Crippen LogP contribution in [0.25, 0.3) is 11.4 Å². The van der Waals surface area contributed by atoms with Crippen LogP contribution in [0.5, 0.6) is 5.75 Å². The molecule has 0 unspecified atom stereocenters. The van der Waals surface area contributed by atoms with Crippen molar-refractivity contribution in [3.05, 3.63) is 53.5 Å². The second-order valence-corrected chi connectivity index (χ2v) is 6.67. The predicted octanol–water partition coefficient (Wildman–Crippen LogP) is 4.94. The zero-order valence-electron chi connectivity index (χ0n) is 14.3. The highest BCUT2D eigenvalue weighted by Crippen LogP contribution is 2.32. The fourth-order valence-corrected chi connectivity index (χ4v) is 3.00. The van der Waals surface area contributed by atoms with Gasteiger partial charge in [-0.25, -0.2) is 4.98 Å². The molecule has 3 aromatic rings. The SMILES string of the molecule is CC(=O)c1ccc(OC(C)C)c(Nc2nc(-c3ccccn3)cs2)c1. The minimum atomic E-state index is 0.00691. The number of ether oxygens (including phenoxy) is 1. The standard InChI is InChI=1S/C19H19N3O2S/c1-12(2)24-18-8-7-14(13(3)23)10-16(18)21-19-22-17(11-25-19)15-6-4-5-9-20-15/h4-12H,1-3H3,(H,21,22). The van der Waals surface area contributed by atoms with E-state index in [2.05, 4.69) is 15.3 Å². The van der Waals surface area contributed by atoms with Crippen LogP contribution in [0, 0.1) is 0 Å². The molecule has 1 N–H and O–H groups in total. The summed E-state index contributed by atoms with van der Waals surface area (Å²) in [6.45, 7) is 5.47. The first-order valence-electron chi connectivity index (χ1n) is 7.98. The molecule has 2 heterocycles. The van der Waals surface area contributed by atoms with Crippen molar-refractivity contribution in [2.75, 3.05) is 5.32 Å². The highest BCUT2D eigenvalue weighted by molar-refractivity contribution is 7.14. The molecule has 0 aliphatic carbocycles. The number of rotatable bonds is 6. The van der Waals surface area contributed by atoms with E-state index in [-0.39, 0.29) is 11.9 Å². The van der Waals surface area contributed by atoms with Gasteiger partial charge >= 0.3 is 0 Å². The first-order valence-corrected chi connectivity index (χ1v) is 8.86. The number of thiazole rings is 1. The van der Waals surface area contributed by atoms with Gasteiger partial charge in [0, 0.05) is 17.1 Å². The van der Waals surface area contributed by atoms with E-state index in [1.54, 1.807) is 25.3 Å². The van der Waals surface area contributed by atoms with Crippen molar-refractivity contribution < 1.29 is 9.53 Å². The molecule has 0 amide bonds. The van der Waals surface area contributed by atoms with E-state index in [9.17, 15) is 4.79 Å². The summed E-state index contributed by atoms with van der Waals surface area (Å²) in [4.78, 5) is 20.6. The summed E-state index contributed by atoms with van der Waals surface area (Å²) in [5.74, 6) is 0.696. The number of Topliss-reactive ketones (excluding diaryl/α,β-unsaturated/α-hetero) is 1. The smallest absolute Gasteiger partial charge is 0.187 e. The molecule has 0 bridgehead atoms. The number of carbonyl (C=O) groups excluding carboxylic acids is 1. The maximum atomic E-state index is 11.7. The maximum absolute atomic E-state index is 11.7. The first kappa shape index (κ1) is 17.1. The number of pyridine rings is 1. The van der Waals surface area contributed by atoms with Gasteiger partial charge in [-0.3, -0.25) is 9.78 Å². The van der Waals surface area contributed by atoms with Crippen LogP contribution in [0.2, 0.25) is 0 Å². The fraction of sp³-hybridized carbons (Fsp3) is 0.211. The number of benzene rings is 1. The van der Waals surface area contributed by atoms with Crippen LogP contribution in [-0.2, 0) is 0 Å². The van der Waals surface area contributed by atoms with Crippen molar-refractivity contribution >= 4 is 27.9 Å². The number of ketones is 1. The van der Waals surface area contributed by atoms with E-state index >= 15 is 0 Å². The molecule has 1 aromatic carbocycles. The largest absolute Gasteiger partial charge is 0.489 e. The third kappa shape index (κ3) is 4.22. The van der Waals surface area contributed by atoms with Gasteiger partial charge in [0.05, 0.1) is 17.5 Å². The Labute approximate surface area is 150 Å². The third-order valence-electron chi connectivity index (χ3n) is 3.42. The Morgan fingerprint density at radius 2 is 2.04 bits per heavy atom. The maximum Gasteiger partial charge on any atom is 0.187 e. The molecule has 0 spiro atoms. The van der Waals surface area contributed by atoms with Crippen LogP contribution in [-0.4, -0.2) is 21.9 Å². The quantitative estimate of drug-likeness (QED) is 0.636. The number of hydrogen-bond acceptors (Lipinski definition) is 6. The van der Waals surface area contributed by atoms with Gasteiger partial charge in [0.15, 0.2) is 10.9 Å². The molecular formula is C19H19N3O2S. The van der Waals surface area contributed by atoms with Gasteiger partial charge < -0.3 is 10.1 Å². The molecule has 0 saturated carbocycles. The number of carbonyl (C=O) groups is 1. The Hall–Kier alpha value is -2.73. The highest BCUT2D eigenvalue weighted by atomic mass is 32.1. The van der Waals surface area contributed by atoms with E-state index in [1.807, 2.05) is 43.5 Å². The summed E-state index contributed by atoms with van der Waals surface area (Å²) >= 11 is 1.48. The molecule has 0 fully saturated rings. The lowest BCUT2D eigenvalue weighted by Gasteiger charge is -2.15. The predicted molar refractivity (Wildman–Crippen MR) is 101 cm³/mol. The fourth-order valence-electron chi connectivity index (χ4n) is 2.28. The molecule has 0 saturated heterocycles. The van der Waals surface area contributed by atoms with E-state index < -0.39 is 0 Å². The molecule has 3 rings (SSSR count). The van der Waals surface area contributed by atoms with Gasteiger partial charge in [0.1, 0.15) is 11.4 Å². The van der Waals surface area contributed by atoms with Gasteiger partial charge in [-0.05, 0) is 51.1 Å². The average Bonchev–Trinajstić information content (AvgIpc) is 3.05. The second kappa shape index (κ2) is 7.44. The zero-order valence-corrected chi connectivity index (χ0v) is 15.1. The van der Waals surface area contributed by atoms with Crippen molar-refractivity contribution in [1.29, 1.82) is 0 Å². The lowest BCUT2D eigenvalue weighted by atomic mass is 10.1. The summed E-state index contributed by atoms with van der Waals surface area (Å²) in [5, 5.41) is 5.93. The normalized spacial score (nSPS) is 10.7. The highest BCUT2D eigenvalue weighted by Gasteiger charge is 2.12.